The summed E-state index contributed by atoms with van der Waals surface area (Å²) in [4.78, 5) is 27.6. The fourth-order valence-electron chi connectivity index (χ4n) is 3.91. The van der Waals surface area contributed by atoms with Crippen LogP contribution in [0.1, 0.15) is 54.7 Å². The second-order valence-corrected chi connectivity index (χ2v) is 7.46. The van der Waals surface area contributed by atoms with Gasteiger partial charge in [-0.05, 0) is 56.5 Å². The first kappa shape index (κ1) is 19.4. The number of aromatic nitrogens is 2. The van der Waals surface area contributed by atoms with Gasteiger partial charge in [0.15, 0.2) is 0 Å². The standard InChI is InChI=1S/C20H28N4O3/c1-13(11-14-5-8-21-9-6-14)19-23-16-12-15(3-4-17(16)24(19)2)20(27)22-10-7-18(25)26/h3-4,12-14,21H,5-11H2,1-2H3,(H,22,27)(H,25,26). The van der Waals surface area contributed by atoms with Crippen LogP contribution < -0.4 is 10.6 Å². The fraction of sp³-hybridized carbons (Fsp3) is 0.550. The van der Waals surface area contributed by atoms with E-state index >= 15 is 0 Å². The maximum absolute atomic E-state index is 12.2. The van der Waals surface area contributed by atoms with Gasteiger partial charge < -0.3 is 20.3 Å². The number of hydrogen-bond donors (Lipinski definition) is 3. The molecule has 1 atom stereocenters. The molecule has 7 nitrogen and oxygen atoms in total. The summed E-state index contributed by atoms with van der Waals surface area (Å²) in [6.45, 7) is 4.54. The first-order valence-electron chi connectivity index (χ1n) is 9.62. The molecule has 146 valence electrons. The Kier molecular flexibility index (Phi) is 6.11. The average molecular weight is 372 g/mol. The van der Waals surface area contributed by atoms with E-state index in [-0.39, 0.29) is 18.9 Å². The molecule has 2 aromatic rings. The number of aliphatic carboxylic acids is 1. The molecule has 1 fully saturated rings. The minimum atomic E-state index is -0.928. The number of amides is 1. The van der Waals surface area contributed by atoms with E-state index in [1.165, 1.54) is 12.8 Å². The van der Waals surface area contributed by atoms with Crippen LogP contribution in [0.2, 0.25) is 0 Å². The summed E-state index contributed by atoms with van der Waals surface area (Å²) >= 11 is 0. The Morgan fingerprint density at radius 3 is 2.81 bits per heavy atom. The predicted octanol–water partition coefficient (Wildman–Crippen LogP) is 2.27. The number of carbonyl (C=O) groups excluding carboxylic acids is 1. The zero-order valence-corrected chi connectivity index (χ0v) is 16.0. The molecule has 0 aliphatic carbocycles. The molecule has 0 spiro atoms. The molecule has 3 rings (SSSR count). The highest BCUT2D eigenvalue weighted by atomic mass is 16.4. The van der Waals surface area contributed by atoms with Gasteiger partial charge in [0.2, 0.25) is 0 Å². The number of carboxylic acids is 1. The number of rotatable bonds is 7. The highest BCUT2D eigenvalue weighted by Crippen LogP contribution is 2.29. The van der Waals surface area contributed by atoms with Crippen molar-refractivity contribution < 1.29 is 14.7 Å². The quantitative estimate of drug-likeness (QED) is 0.693. The Morgan fingerprint density at radius 1 is 1.37 bits per heavy atom. The van der Waals surface area contributed by atoms with E-state index < -0.39 is 5.97 Å². The molecular weight excluding hydrogens is 344 g/mol. The molecule has 1 aromatic heterocycles. The third-order valence-corrected chi connectivity index (χ3v) is 5.39. The number of piperidine rings is 1. The van der Waals surface area contributed by atoms with Crippen molar-refractivity contribution in [3.05, 3.63) is 29.6 Å². The Hall–Kier alpha value is -2.41. The van der Waals surface area contributed by atoms with Crippen LogP contribution in [0.4, 0.5) is 0 Å². The van der Waals surface area contributed by atoms with Crippen LogP contribution in [0.3, 0.4) is 0 Å². The van der Waals surface area contributed by atoms with Crippen molar-refractivity contribution in [2.45, 2.75) is 38.5 Å². The third-order valence-electron chi connectivity index (χ3n) is 5.39. The van der Waals surface area contributed by atoms with Crippen LogP contribution in [-0.4, -0.2) is 46.2 Å². The van der Waals surface area contributed by atoms with Crippen LogP contribution in [0.25, 0.3) is 11.0 Å². The van der Waals surface area contributed by atoms with Crippen LogP contribution in [0.5, 0.6) is 0 Å². The number of nitrogens with one attached hydrogen (secondary N) is 2. The molecule has 3 N–H and O–H groups in total. The number of nitrogens with zero attached hydrogens (tertiary/aromatic N) is 2. The van der Waals surface area contributed by atoms with Gasteiger partial charge in [0.25, 0.3) is 5.91 Å². The lowest BCUT2D eigenvalue weighted by Gasteiger charge is -2.25. The minimum Gasteiger partial charge on any atom is -0.481 e. The van der Waals surface area contributed by atoms with E-state index in [0.29, 0.717) is 11.5 Å². The number of aryl methyl sites for hydroxylation is 1. The normalized spacial score (nSPS) is 16.4. The van der Waals surface area contributed by atoms with Gasteiger partial charge in [-0.3, -0.25) is 9.59 Å². The Morgan fingerprint density at radius 2 is 2.11 bits per heavy atom. The number of carbonyl (C=O) groups is 2. The van der Waals surface area contributed by atoms with Gasteiger partial charge >= 0.3 is 5.97 Å². The second kappa shape index (κ2) is 8.52. The van der Waals surface area contributed by atoms with Crippen molar-refractivity contribution >= 4 is 22.9 Å². The maximum Gasteiger partial charge on any atom is 0.305 e. The predicted molar refractivity (Wildman–Crippen MR) is 104 cm³/mol. The van der Waals surface area contributed by atoms with Gasteiger partial charge in [-0.1, -0.05) is 6.92 Å². The highest BCUT2D eigenvalue weighted by Gasteiger charge is 2.21. The minimum absolute atomic E-state index is 0.0874. The zero-order valence-electron chi connectivity index (χ0n) is 16.0. The lowest BCUT2D eigenvalue weighted by molar-refractivity contribution is -0.136. The lowest BCUT2D eigenvalue weighted by Crippen LogP contribution is -2.28. The van der Waals surface area contributed by atoms with Crippen molar-refractivity contribution in [3.8, 4) is 0 Å². The van der Waals surface area contributed by atoms with Crippen molar-refractivity contribution in [2.75, 3.05) is 19.6 Å². The first-order chi connectivity index (χ1) is 13.0. The van der Waals surface area contributed by atoms with Crippen LogP contribution in [-0.2, 0) is 11.8 Å². The van der Waals surface area contributed by atoms with E-state index in [2.05, 4.69) is 22.1 Å². The lowest BCUT2D eigenvalue weighted by atomic mass is 9.88. The maximum atomic E-state index is 12.2. The Labute approximate surface area is 159 Å². The summed E-state index contributed by atoms with van der Waals surface area (Å²) in [5.41, 5.74) is 2.31. The van der Waals surface area contributed by atoms with Crippen LogP contribution >= 0.6 is 0 Å². The summed E-state index contributed by atoms with van der Waals surface area (Å²) in [6, 6.07) is 5.46. The topological polar surface area (TPSA) is 96.2 Å². The summed E-state index contributed by atoms with van der Waals surface area (Å²) in [5.74, 6) is 0.943. The molecule has 1 aliphatic rings. The van der Waals surface area contributed by atoms with E-state index in [4.69, 9.17) is 10.1 Å². The van der Waals surface area contributed by atoms with Gasteiger partial charge in [-0.15, -0.1) is 0 Å². The summed E-state index contributed by atoms with van der Waals surface area (Å²) in [5, 5.41) is 14.7. The molecule has 27 heavy (non-hydrogen) atoms. The van der Waals surface area contributed by atoms with E-state index in [1.54, 1.807) is 12.1 Å². The molecule has 0 saturated carbocycles. The molecule has 1 aliphatic heterocycles. The number of fused-ring (bicyclic) bond motifs is 1. The van der Waals surface area contributed by atoms with Crippen molar-refractivity contribution in [2.24, 2.45) is 13.0 Å². The highest BCUT2D eigenvalue weighted by molar-refractivity contribution is 5.97. The van der Waals surface area contributed by atoms with E-state index in [1.807, 2.05) is 13.1 Å². The number of carboxylic acid groups (broad SMARTS) is 1. The van der Waals surface area contributed by atoms with Gasteiger partial charge in [0.05, 0.1) is 17.5 Å². The van der Waals surface area contributed by atoms with Gasteiger partial charge in [0.1, 0.15) is 5.82 Å². The third kappa shape index (κ3) is 4.66. The van der Waals surface area contributed by atoms with Gasteiger partial charge in [-0.2, -0.15) is 0 Å². The van der Waals surface area contributed by atoms with E-state index in [0.717, 1.165) is 42.3 Å². The first-order valence-corrected chi connectivity index (χ1v) is 9.62. The molecule has 0 bridgehead atoms. The summed E-state index contributed by atoms with van der Waals surface area (Å²) in [7, 11) is 2.02. The molecular formula is C20H28N4O3. The molecule has 1 unspecified atom stereocenters. The summed E-state index contributed by atoms with van der Waals surface area (Å²) < 4.78 is 2.12. The van der Waals surface area contributed by atoms with Gasteiger partial charge in [0, 0.05) is 25.1 Å². The molecule has 2 heterocycles. The van der Waals surface area contributed by atoms with Crippen LogP contribution in [0.15, 0.2) is 18.2 Å². The number of hydrogen-bond acceptors (Lipinski definition) is 4. The van der Waals surface area contributed by atoms with Crippen molar-refractivity contribution in [1.82, 2.24) is 20.2 Å². The SMILES string of the molecule is CC(CC1CCNCC1)c1nc2cc(C(=O)NCCC(=O)O)ccc2n1C. The monoisotopic (exact) mass is 372 g/mol. The number of benzene rings is 1. The van der Waals surface area contributed by atoms with Crippen LogP contribution in [0, 0.1) is 5.92 Å². The largest absolute Gasteiger partial charge is 0.481 e. The number of imidazole rings is 1. The summed E-state index contributed by atoms with van der Waals surface area (Å²) in [6.07, 6.45) is 3.47. The molecule has 1 aromatic carbocycles. The van der Waals surface area contributed by atoms with Crippen molar-refractivity contribution in [3.63, 3.8) is 0 Å². The van der Waals surface area contributed by atoms with Gasteiger partial charge in [-0.25, -0.2) is 4.98 Å². The van der Waals surface area contributed by atoms with E-state index in [9.17, 15) is 9.59 Å². The Balaban J connectivity index is 1.73. The smallest absolute Gasteiger partial charge is 0.305 e. The zero-order chi connectivity index (χ0) is 19.4. The molecule has 1 saturated heterocycles. The van der Waals surface area contributed by atoms with Crippen molar-refractivity contribution in [1.29, 1.82) is 0 Å². The fourth-order valence-corrected chi connectivity index (χ4v) is 3.91. The molecule has 7 heteroatoms. The Bertz CT molecular complexity index is 824. The molecule has 1 amide bonds. The second-order valence-electron chi connectivity index (χ2n) is 7.46. The molecule has 0 radical (unpaired) electrons. The average Bonchev–Trinajstić information content (AvgIpc) is 2.98.